The van der Waals surface area contributed by atoms with Crippen LogP contribution in [0.25, 0.3) is 0 Å². The monoisotopic (exact) mass is 260 g/mol. The van der Waals surface area contributed by atoms with Gasteiger partial charge in [-0.15, -0.1) is 5.60 Å². The average molecular weight is 260 g/mol. The minimum atomic E-state index is -0.750. The van der Waals surface area contributed by atoms with Crippen LogP contribution in [0.1, 0.15) is 20.8 Å². The Morgan fingerprint density at radius 3 is 1.00 bits per heavy atom. The smallest absolute Gasteiger partial charge is 0.857 e. The molecule has 0 atom stereocenters. The molecule has 0 aliphatic rings. The molecule has 0 saturated heterocycles. The van der Waals surface area contributed by atoms with E-state index in [9.17, 15) is 5.11 Å². The fourth-order valence-electron chi connectivity index (χ4n) is 0. The van der Waals surface area contributed by atoms with Crippen LogP contribution in [0.4, 0.5) is 0 Å². The zero-order valence-corrected chi connectivity index (χ0v) is 15.6. The summed E-state index contributed by atoms with van der Waals surface area (Å²) in [5.74, 6) is 0. The van der Waals surface area contributed by atoms with Gasteiger partial charge < -0.3 is 10.2 Å². The van der Waals surface area contributed by atoms with E-state index >= 15 is 0 Å². The van der Waals surface area contributed by atoms with E-state index in [2.05, 4.69) is 0 Å². The van der Waals surface area contributed by atoms with Crippen LogP contribution in [-0.2, 0) is 0 Å². The third-order valence-electron chi connectivity index (χ3n) is 0. The van der Waals surface area contributed by atoms with Crippen LogP contribution in [0.5, 0.6) is 0 Å². The molecule has 9 heavy (non-hydrogen) atoms. The standard InChI is InChI=1S/C4H9O.CH3O.Cs.Na/c1-4(2,3)5;1-2;;/h1-3H3;1H3;;/q2*-1;2*+1. The molecular weight excluding hydrogens is 248 g/mol. The predicted molar refractivity (Wildman–Crippen MR) is 25.7 cm³/mol. The molecule has 0 aromatic carbocycles. The molecule has 2 nitrogen and oxygen atoms in total. The molecule has 0 N–H and O–H groups in total. The van der Waals surface area contributed by atoms with Crippen LogP contribution in [-0.4, -0.2) is 12.7 Å². The van der Waals surface area contributed by atoms with Gasteiger partial charge in [0.25, 0.3) is 0 Å². The molecule has 4 heteroatoms. The summed E-state index contributed by atoms with van der Waals surface area (Å²) in [6, 6.07) is 0. The molecule has 0 aliphatic heterocycles. The van der Waals surface area contributed by atoms with Crippen LogP contribution in [0.3, 0.4) is 0 Å². The Morgan fingerprint density at radius 1 is 1.00 bits per heavy atom. The van der Waals surface area contributed by atoms with E-state index in [1.807, 2.05) is 0 Å². The average Bonchev–Trinajstić information content (AvgIpc) is 1.36. The van der Waals surface area contributed by atoms with Crippen molar-refractivity contribution in [3.05, 3.63) is 0 Å². The van der Waals surface area contributed by atoms with Crippen molar-refractivity contribution in [1.82, 2.24) is 0 Å². The summed E-state index contributed by atoms with van der Waals surface area (Å²) in [7, 11) is 0.750. The summed E-state index contributed by atoms with van der Waals surface area (Å²) < 4.78 is 0. The van der Waals surface area contributed by atoms with E-state index in [0.29, 0.717) is 0 Å². The summed E-state index contributed by atoms with van der Waals surface area (Å²) >= 11 is 0. The van der Waals surface area contributed by atoms with E-state index in [-0.39, 0.29) is 98.5 Å². The van der Waals surface area contributed by atoms with Crippen molar-refractivity contribution < 1.29 is 109 Å². The molecule has 0 unspecified atom stereocenters. The Labute approximate surface area is 139 Å². The largest absolute Gasteiger partial charge is 1.00 e. The first-order valence-corrected chi connectivity index (χ1v) is 2.11. The van der Waals surface area contributed by atoms with Crippen molar-refractivity contribution in [2.75, 3.05) is 7.11 Å². The topological polar surface area (TPSA) is 46.1 Å². The van der Waals surface area contributed by atoms with Crippen LogP contribution in [0.2, 0.25) is 0 Å². The Kier molecular flexibility index (Phi) is 34.2. The molecule has 0 rings (SSSR count). The molecule has 46 valence electrons. The molecule has 0 aromatic rings. The Morgan fingerprint density at radius 2 is 1.00 bits per heavy atom. The van der Waals surface area contributed by atoms with Gasteiger partial charge >= 0.3 is 98.5 Å². The van der Waals surface area contributed by atoms with Gasteiger partial charge in [-0.25, -0.2) is 0 Å². The molecule has 0 spiro atoms. The van der Waals surface area contributed by atoms with Gasteiger partial charge in [-0.1, -0.05) is 20.8 Å². The number of rotatable bonds is 0. The maximum absolute atomic E-state index is 10.1. The van der Waals surface area contributed by atoms with Gasteiger partial charge in [0.2, 0.25) is 0 Å². The Hall–Kier alpha value is 2.97. The molecular formula is C5H12CsNaO2. The molecule has 0 radical (unpaired) electrons. The van der Waals surface area contributed by atoms with E-state index in [1.165, 1.54) is 0 Å². The van der Waals surface area contributed by atoms with Crippen molar-refractivity contribution in [3.63, 3.8) is 0 Å². The van der Waals surface area contributed by atoms with Crippen LogP contribution in [0.15, 0.2) is 0 Å². The number of hydrogen-bond donors (Lipinski definition) is 0. The first-order chi connectivity index (χ1) is 3.00. The first-order valence-electron chi connectivity index (χ1n) is 2.11. The van der Waals surface area contributed by atoms with Crippen molar-refractivity contribution in [2.24, 2.45) is 0 Å². The second-order valence-corrected chi connectivity index (χ2v) is 2.11. The van der Waals surface area contributed by atoms with Gasteiger partial charge in [-0.2, -0.15) is 7.11 Å². The van der Waals surface area contributed by atoms with Gasteiger partial charge in [0.15, 0.2) is 0 Å². The molecule has 0 aromatic heterocycles. The molecule has 0 amide bonds. The number of hydrogen-bond acceptors (Lipinski definition) is 2. The van der Waals surface area contributed by atoms with E-state index in [4.69, 9.17) is 5.11 Å². The Balaban J connectivity index is -0.0000000286. The van der Waals surface area contributed by atoms with E-state index < -0.39 is 5.60 Å². The third-order valence-corrected chi connectivity index (χ3v) is 0. The van der Waals surface area contributed by atoms with Crippen LogP contribution < -0.4 is 109 Å². The van der Waals surface area contributed by atoms with Gasteiger partial charge in [0.1, 0.15) is 0 Å². The second kappa shape index (κ2) is 13.6. The van der Waals surface area contributed by atoms with E-state index in [0.717, 1.165) is 7.11 Å². The van der Waals surface area contributed by atoms with Crippen LogP contribution in [0, 0.1) is 0 Å². The summed E-state index contributed by atoms with van der Waals surface area (Å²) in [4.78, 5) is 0. The van der Waals surface area contributed by atoms with Gasteiger partial charge in [0, 0.05) is 0 Å². The fraction of sp³-hybridized carbons (Fsp3) is 1.00. The zero-order chi connectivity index (χ0) is 6.50. The molecule has 0 saturated carbocycles. The molecule has 0 fully saturated rings. The van der Waals surface area contributed by atoms with Crippen LogP contribution >= 0.6 is 0 Å². The van der Waals surface area contributed by atoms with Crippen molar-refractivity contribution in [2.45, 2.75) is 26.4 Å². The maximum Gasteiger partial charge on any atom is 1.00 e. The van der Waals surface area contributed by atoms with Crippen molar-refractivity contribution in [3.8, 4) is 0 Å². The van der Waals surface area contributed by atoms with Gasteiger partial charge in [0.05, 0.1) is 0 Å². The summed E-state index contributed by atoms with van der Waals surface area (Å²) in [6.45, 7) is 4.90. The van der Waals surface area contributed by atoms with Crippen molar-refractivity contribution >= 4 is 0 Å². The molecule has 0 aliphatic carbocycles. The fourth-order valence-corrected chi connectivity index (χ4v) is 0. The van der Waals surface area contributed by atoms with E-state index in [1.54, 1.807) is 20.8 Å². The van der Waals surface area contributed by atoms with Crippen molar-refractivity contribution in [1.29, 1.82) is 0 Å². The first kappa shape index (κ1) is 22.7. The normalized spacial score (nSPS) is 7.33. The minimum Gasteiger partial charge on any atom is -0.857 e. The zero-order valence-electron chi connectivity index (χ0n) is 7.32. The van der Waals surface area contributed by atoms with Gasteiger partial charge in [-0.05, 0) is 0 Å². The predicted octanol–water partition coefficient (Wildman–Crippen LogP) is -6.87. The summed E-state index contributed by atoms with van der Waals surface area (Å²) in [5, 5.41) is 18.4. The Bertz CT molecular complexity index is 30.4. The SMILES string of the molecule is CC(C)(C)[O-].C[O-].[Cs+].[Na+]. The van der Waals surface area contributed by atoms with Gasteiger partial charge in [-0.3, -0.25) is 0 Å². The minimum absolute atomic E-state index is 0. The third kappa shape index (κ3) is 100.0. The summed E-state index contributed by atoms with van der Waals surface area (Å²) in [5.41, 5.74) is -0.750. The molecule has 0 bridgehead atoms. The molecule has 0 heterocycles. The quantitative estimate of drug-likeness (QED) is 0.406. The second-order valence-electron chi connectivity index (χ2n) is 2.11. The maximum atomic E-state index is 10.1. The summed E-state index contributed by atoms with van der Waals surface area (Å²) in [6.07, 6.45) is 0.